The van der Waals surface area contributed by atoms with Crippen molar-refractivity contribution in [3.8, 4) is 0 Å². The lowest BCUT2D eigenvalue weighted by Gasteiger charge is -2.50. The predicted molar refractivity (Wildman–Crippen MR) is 182 cm³/mol. The molecule has 0 saturated carbocycles. The van der Waals surface area contributed by atoms with E-state index >= 15 is 0 Å². The first-order chi connectivity index (χ1) is 23.4. The Morgan fingerprint density at radius 2 is 1.68 bits per heavy atom. The lowest BCUT2D eigenvalue weighted by Crippen LogP contribution is -2.56. The summed E-state index contributed by atoms with van der Waals surface area (Å²) in [7, 11) is 1.51. The molecule has 0 amide bonds. The molecule has 12 nitrogen and oxygen atoms in total. The third kappa shape index (κ3) is 7.26. The third-order valence-electron chi connectivity index (χ3n) is 13.7. The Hall–Kier alpha value is -1.38. The molecule has 5 aliphatic heterocycles. The zero-order chi connectivity index (χ0) is 37.0. The summed E-state index contributed by atoms with van der Waals surface area (Å²) >= 11 is 0. The topological polar surface area (TPSA) is 170 Å². The summed E-state index contributed by atoms with van der Waals surface area (Å²) in [5, 5.41) is 40.6. The standard InChI is InChI=1S/C38H64O12/c1-10-36(33-21(3)16-27(46-33)30-20(2)15-22(4)38(44,19-39)49-30)12-11-28(47-36)35(8)13-14-37(50-35)18-26(17-29(40)41)23(5)32(48-37)24(6)31(45-9)25(7)34(42)43/h20-28,30-33,39,44H,10-19H2,1-9H3,(H,40,41)(H,42,43)/t20-,21-,22+,23+,24-,25-,26-,27+,28+,30-,31+,32-,33+,35-,36-,37+,38-/m0/s1. The molecule has 288 valence electrons. The van der Waals surface area contributed by atoms with Crippen LogP contribution in [0.15, 0.2) is 0 Å². The summed E-state index contributed by atoms with van der Waals surface area (Å²) < 4.78 is 39.7. The van der Waals surface area contributed by atoms with E-state index in [1.165, 1.54) is 7.11 Å². The molecule has 0 aliphatic carbocycles. The fraction of sp³-hybridized carbons (Fsp3) is 0.947. The van der Waals surface area contributed by atoms with Crippen molar-refractivity contribution in [3.05, 3.63) is 0 Å². The molecule has 0 unspecified atom stereocenters. The molecule has 12 heteroatoms. The summed E-state index contributed by atoms with van der Waals surface area (Å²) in [5.41, 5.74) is -1.23. The van der Waals surface area contributed by atoms with E-state index in [0.717, 1.165) is 32.1 Å². The highest BCUT2D eigenvalue weighted by atomic mass is 16.7. The molecule has 0 aromatic rings. The van der Waals surface area contributed by atoms with Crippen LogP contribution in [0.2, 0.25) is 0 Å². The van der Waals surface area contributed by atoms with Crippen molar-refractivity contribution in [2.45, 2.75) is 173 Å². The minimum Gasteiger partial charge on any atom is -0.481 e. The number of carbonyl (C=O) groups is 2. The van der Waals surface area contributed by atoms with Gasteiger partial charge in [-0.05, 0) is 76.0 Å². The SMILES string of the molecule is CC[C@@]1([C@@H]2O[C@@H]([C@H]3O[C@@](O)(CO)[C@H](C)C[C@@H]3C)C[C@@H]2C)CC[C@H]([C@]2(C)CC[C@]3(C[C@H](CC(=O)O)[C@@H](C)[C@@H]([C@@H](C)[C@@H](OC)[C@H](C)C(=O)O)O3)O2)O1. The van der Waals surface area contributed by atoms with Crippen molar-refractivity contribution in [1.29, 1.82) is 0 Å². The van der Waals surface area contributed by atoms with Gasteiger partial charge in [-0.25, -0.2) is 0 Å². The molecule has 0 bridgehead atoms. The number of aliphatic hydroxyl groups is 2. The zero-order valence-corrected chi connectivity index (χ0v) is 31.6. The van der Waals surface area contributed by atoms with Gasteiger partial charge in [0.1, 0.15) is 0 Å². The van der Waals surface area contributed by atoms with E-state index in [0.29, 0.717) is 19.3 Å². The lowest BCUT2D eigenvalue weighted by atomic mass is 9.73. The van der Waals surface area contributed by atoms with E-state index in [1.54, 1.807) is 6.92 Å². The minimum absolute atomic E-state index is 0.0312. The molecule has 4 N–H and O–H groups in total. The van der Waals surface area contributed by atoms with E-state index < -0.39 is 59.4 Å². The molecule has 0 aromatic carbocycles. The van der Waals surface area contributed by atoms with E-state index in [4.69, 9.17) is 28.4 Å². The third-order valence-corrected chi connectivity index (χ3v) is 13.7. The normalized spacial score (nSPS) is 48.5. The number of hydrogen-bond acceptors (Lipinski definition) is 10. The summed E-state index contributed by atoms with van der Waals surface area (Å²) in [4.78, 5) is 24.0. The molecule has 50 heavy (non-hydrogen) atoms. The zero-order valence-electron chi connectivity index (χ0n) is 31.6. The Kier molecular flexibility index (Phi) is 11.8. The number of aliphatic hydroxyl groups excluding tert-OH is 1. The van der Waals surface area contributed by atoms with Crippen molar-refractivity contribution in [2.75, 3.05) is 13.7 Å². The van der Waals surface area contributed by atoms with Crippen molar-refractivity contribution in [2.24, 2.45) is 41.4 Å². The van der Waals surface area contributed by atoms with Gasteiger partial charge in [-0.1, -0.05) is 41.5 Å². The van der Waals surface area contributed by atoms with E-state index in [2.05, 4.69) is 27.7 Å². The highest BCUT2D eigenvalue weighted by Gasteiger charge is 2.62. The molecule has 17 atom stereocenters. The second-order valence-electron chi connectivity index (χ2n) is 17.1. The Morgan fingerprint density at radius 1 is 0.980 bits per heavy atom. The molecule has 1 spiro atoms. The fourth-order valence-electron chi connectivity index (χ4n) is 10.5. The van der Waals surface area contributed by atoms with Gasteiger partial charge >= 0.3 is 11.9 Å². The predicted octanol–water partition coefficient (Wildman–Crippen LogP) is 5.00. The number of methoxy groups -OCH3 is 1. The number of ether oxygens (including phenoxy) is 6. The van der Waals surface area contributed by atoms with E-state index in [1.807, 2.05) is 20.8 Å². The van der Waals surface area contributed by atoms with Crippen LogP contribution in [0.1, 0.15) is 113 Å². The van der Waals surface area contributed by atoms with Gasteiger partial charge in [0.05, 0.1) is 60.4 Å². The number of carboxylic acids is 2. The largest absolute Gasteiger partial charge is 0.481 e. The van der Waals surface area contributed by atoms with Crippen LogP contribution >= 0.6 is 0 Å². The average Bonchev–Trinajstić information content (AvgIpc) is 3.77. The molecular weight excluding hydrogens is 648 g/mol. The van der Waals surface area contributed by atoms with Crippen LogP contribution in [-0.2, 0) is 38.0 Å². The van der Waals surface area contributed by atoms with E-state index in [-0.39, 0.29) is 66.3 Å². The second-order valence-corrected chi connectivity index (χ2v) is 17.1. The minimum atomic E-state index is -1.58. The van der Waals surface area contributed by atoms with E-state index in [9.17, 15) is 30.0 Å². The van der Waals surface area contributed by atoms with Crippen LogP contribution in [0.5, 0.6) is 0 Å². The van der Waals surface area contributed by atoms with Gasteiger partial charge in [-0.2, -0.15) is 0 Å². The molecule has 0 aromatic heterocycles. The second kappa shape index (κ2) is 14.8. The molecule has 5 saturated heterocycles. The van der Waals surface area contributed by atoms with Crippen LogP contribution in [0.3, 0.4) is 0 Å². The van der Waals surface area contributed by atoms with Gasteiger partial charge in [0.25, 0.3) is 0 Å². The molecule has 5 heterocycles. The van der Waals surface area contributed by atoms with Crippen molar-refractivity contribution >= 4 is 11.9 Å². The van der Waals surface area contributed by atoms with Gasteiger partial charge in [0.2, 0.25) is 0 Å². The smallest absolute Gasteiger partial charge is 0.308 e. The Bertz CT molecular complexity index is 1220. The van der Waals surface area contributed by atoms with Gasteiger partial charge in [0.15, 0.2) is 11.6 Å². The van der Waals surface area contributed by atoms with Crippen LogP contribution in [0.4, 0.5) is 0 Å². The van der Waals surface area contributed by atoms with Crippen LogP contribution in [-0.4, -0.2) is 105 Å². The fourth-order valence-corrected chi connectivity index (χ4v) is 10.5. The average molecular weight is 713 g/mol. The van der Waals surface area contributed by atoms with Crippen molar-refractivity contribution in [1.82, 2.24) is 0 Å². The molecule has 0 radical (unpaired) electrons. The summed E-state index contributed by atoms with van der Waals surface area (Å²) in [6, 6.07) is 0. The van der Waals surface area contributed by atoms with Gasteiger partial charge < -0.3 is 48.8 Å². The monoisotopic (exact) mass is 712 g/mol. The molecule has 5 rings (SSSR count). The van der Waals surface area contributed by atoms with Crippen LogP contribution < -0.4 is 0 Å². The maximum absolute atomic E-state index is 12.0. The van der Waals surface area contributed by atoms with Gasteiger partial charge in [-0.3, -0.25) is 9.59 Å². The first-order valence-electron chi connectivity index (χ1n) is 19.1. The maximum Gasteiger partial charge on any atom is 0.308 e. The van der Waals surface area contributed by atoms with Crippen molar-refractivity contribution in [3.63, 3.8) is 0 Å². The summed E-state index contributed by atoms with van der Waals surface area (Å²) in [6.45, 7) is 15.5. The molecular formula is C38H64O12. The van der Waals surface area contributed by atoms with Gasteiger partial charge in [-0.15, -0.1) is 0 Å². The quantitative estimate of drug-likeness (QED) is 0.214. The number of carboxylic acid groups (broad SMARTS) is 2. The number of rotatable bonds is 12. The molecule has 5 fully saturated rings. The Morgan fingerprint density at radius 3 is 2.28 bits per heavy atom. The van der Waals surface area contributed by atoms with Crippen LogP contribution in [0.25, 0.3) is 0 Å². The Labute approximate surface area is 297 Å². The maximum atomic E-state index is 12.0. The number of hydrogen-bond donors (Lipinski definition) is 4. The first kappa shape index (κ1) is 39.8. The molecule has 5 aliphatic rings. The highest BCUT2D eigenvalue weighted by Crippen LogP contribution is 2.56. The first-order valence-corrected chi connectivity index (χ1v) is 19.1. The highest BCUT2D eigenvalue weighted by molar-refractivity contribution is 5.70. The van der Waals surface area contributed by atoms with Gasteiger partial charge in [0, 0.05) is 38.2 Å². The lowest BCUT2D eigenvalue weighted by molar-refractivity contribution is -0.332. The number of aliphatic carboxylic acids is 2. The summed E-state index contributed by atoms with van der Waals surface area (Å²) in [6.07, 6.45) is 3.36. The van der Waals surface area contributed by atoms with Crippen molar-refractivity contribution < 1.29 is 58.4 Å². The van der Waals surface area contributed by atoms with Crippen LogP contribution in [0, 0.1) is 41.4 Å². The Balaban J connectivity index is 1.33. The summed E-state index contributed by atoms with van der Waals surface area (Å²) in [5.74, 6) is -5.78.